The van der Waals surface area contributed by atoms with Crippen LogP contribution in [0.1, 0.15) is 17.3 Å². The maximum absolute atomic E-state index is 13.4. The molecule has 3 nitrogen and oxygen atoms in total. The average molecular weight is 224 g/mol. The number of carbonyl (C=O) groups is 1. The summed E-state index contributed by atoms with van der Waals surface area (Å²) in [6.07, 6.45) is 2.42. The Bertz CT molecular complexity index is 399. The van der Waals surface area contributed by atoms with Crippen LogP contribution < -0.4 is 4.74 Å². The molecule has 0 saturated heterocycles. The maximum Gasteiger partial charge on any atom is 0.195 e. The van der Waals surface area contributed by atoms with Crippen LogP contribution in [0.25, 0.3) is 0 Å². The number of hydrogen-bond donors (Lipinski definition) is 0. The van der Waals surface area contributed by atoms with Crippen molar-refractivity contribution in [3.05, 3.63) is 41.9 Å². The van der Waals surface area contributed by atoms with E-state index in [2.05, 4.69) is 0 Å². The van der Waals surface area contributed by atoms with Crippen LogP contribution in [0.4, 0.5) is 4.39 Å². The lowest BCUT2D eigenvalue weighted by molar-refractivity contribution is 0.103. The van der Waals surface area contributed by atoms with E-state index >= 15 is 0 Å². The first kappa shape index (κ1) is 12.2. The molecule has 0 aliphatic carbocycles. The smallest absolute Gasteiger partial charge is 0.195 e. The van der Waals surface area contributed by atoms with Gasteiger partial charge in [0.15, 0.2) is 5.78 Å². The molecule has 4 heteroatoms. The van der Waals surface area contributed by atoms with Crippen LogP contribution in [0.2, 0.25) is 0 Å². The molecule has 0 aromatic heterocycles. The fraction of sp³-hybridized carbons (Fsp3) is 0.250. The second kappa shape index (κ2) is 5.90. The van der Waals surface area contributed by atoms with Crippen LogP contribution >= 0.6 is 0 Å². The normalized spacial score (nSPS) is 10.4. The molecule has 0 fully saturated rings. The number of benzene rings is 1. The van der Waals surface area contributed by atoms with Gasteiger partial charge in [-0.15, -0.1) is 0 Å². The van der Waals surface area contributed by atoms with Crippen molar-refractivity contribution in [2.24, 2.45) is 0 Å². The summed E-state index contributed by atoms with van der Waals surface area (Å²) >= 11 is 0. The molecule has 0 amide bonds. The predicted octanol–water partition coefficient (Wildman–Crippen LogP) is 2.57. The van der Waals surface area contributed by atoms with Gasteiger partial charge in [0.1, 0.15) is 11.6 Å². The summed E-state index contributed by atoms with van der Waals surface area (Å²) in [5.41, 5.74) is -0.0825. The molecular weight excluding hydrogens is 211 g/mol. The van der Waals surface area contributed by atoms with Crippen molar-refractivity contribution in [2.75, 3.05) is 13.7 Å². The number of carbonyl (C=O) groups excluding carboxylic acids is 1. The molecule has 1 aromatic rings. The Balaban J connectivity index is 2.98. The van der Waals surface area contributed by atoms with Gasteiger partial charge in [-0.05, 0) is 19.1 Å². The van der Waals surface area contributed by atoms with Crippen LogP contribution in [0.15, 0.2) is 30.5 Å². The Labute approximate surface area is 93.5 Å². The minimum Gasteiger partial charge on any atom is -0.501 e. The molecule has 86 valence electrons. The molecule has 0 N–H and O–H groups in total. The van der Waals surface area contributed by atoms with E-state index in [4.69, 9.17) is 9.47 Å². The van der Waals surface area contributed by atoms with Gasteiger partial charge in [-0.1, -0.05) is 6.07 Å². The van der Waals surface area contributed by atoms with E-state index in [1.165, 1.54) is 37.6 Å². The van der Waals surface area contributed by atoms with E-state index in [-0.39, 0.29) is 11.3 Å². The Morgan fingerprint density at radius 1 is 1.50 bits per heavy atom. The number of methoxy groups -OCH3 is 1. The number of halogens is 1. The average Bonchev–Trinajstić information content (AvgIpc) is 2.28. The van der Waals surface area contributed by atoms with Gasteiger partial charge in [0.25, 0.3) is 0 Å². The molecule has 0 heterocycles. The summed E-state index contributed by atoms with van der Waals surface area (Å²) < 4.78 is 23.2. The molecule has 0 aliphatic heterocycles. The molecular formula is C12H13FO3. The van der Waals surface area contributed by atoms with Gasteiger partial charge in [0.05, 0.1) is 25.5 Å². The number of rotatable bonds is 5. The summed E-state index contributed by atoms with van der Waals surface area (Å²) in [5.74, 6) is -0.875. The highest BCUT2D eigenvalue weighted by atomic mass is 19.1. The maximum atomic E-state index is 13.4. The Morgan fingerprint density at radius 3 is 2.88 bits per heavy atom. The van der Waals surface area contributed by atoms with E-state index in [1.807, 2.05) is 0 Å². The van der Waals surface area contributed by atoms with Crippen molar-refractivity contribution in [3.63, 3.8) is 0 Å². The minimum absolute atomic E-state index is 0.0825. The van der Waals surface area contributed by atoms with Crippen molar-refractivity contribution in [1.29, 1.82) is 0 Å². The highest BCUT2D eigenvalue weighted by molar-refractivity contribution is 6.06. The quantitative estimate of drug-likeness (QED) is 0.438. The zero-order valence-electron chi connectivity index (χ0n) is 9.20. The Kier molecular flexibility index (Phi) is 4.51. The minimum atomic E-state index is -0.606. The van der Waals surface area contributed by atoms with Gasteiger partial charge >= 0.3 is 0 Å². The number of hydrogen-bond acceptors (Lipinski definition) is 3. The largest absolute Gasteiger partial charge is 0.501 e. The molecule has 0 atom stereocenters. The third kappa shape index (κ3) is 2.82. The van der Waals surface area contributed by atoms with Gasteiger partial charge in [-0.25, -0.2) is 4.39 Å². The standard InChI is InChI=1S/C12H13FO3/c1-3-16-8-7-10(14)12-9(13)5-4-6-11(12)15-2/h4-8H,3H2,1-2H3/b8-7+. The topological polar surface area (TPSA) is 35.5 Å². The lowest BCUT2D eigenvalue weighted by Crippen LogP contribution is -2.02. The van der Waals surface area contributed by atoms with Crippen molar-refractivity contribution in [2.45, 2.75) is 6.92 Å². The highest BCUT2D eigenvalue weighted by Crippen LogP contribution is 2.21. The first-order valence-electron chi connectivity index (χ1n) is 4.85. The fourth-order valence-electron chi connectivity index (χ4n) is 1.20. The summed E-state index contributed by atoms with van der Waals surface area (Å²) in [6, 6.07) is 4.23. The zero-order valence-corrected chi connectivity index (χ0v) is 9.20. The van der Waals surface area contributed by atoms with E-state index in [9.17, 15) is 9.18 Å². The van der Waals surface area contributed by atoms with Gasteiger partial charge < -0.3 is 9.47 Å². The lowest BCUT2D eigenvalue weighted by atomic mass is 10.1. The second-order valence-corrected chi connectivity index (χ2v) is 2.94. The van der Waals surface area contributed by atoms with Crippen LogP contribution in [0.5, 0.6) is 5.75 Å². The molecule has 0 bridgehead atoms. The van der Waals surface area contributed by atoms with Crippen LogP contribution in [0, 0.1) is 5.82 Å². The van der Waals surface area contributed by atoms with Crippen molar-refractivity contribution < 1.29 is 18.7 Å². The molecule has 16 heavy (non-hydrogen) atoms. The highest BCUT2D eigenvalue weighted by Gasteiger charge is 2.14. The summed E-state index contributed by atoms with van der Waals surface area (Å²) in [5, 5.41) is 0. The second-order valence-electron chi connectivity index (χ2n) is 2.94. The van der Waals surface area contributed by atoms with Crippen LogP contribution in [0.3, 0.4) is 0 Å². The van der Waals surface area contributed by atoms with Crippen molar-refractivity contribution in [3.8, 4) is 5.75 Å². The van der Waals surface area contributed by atoms with E-state index in [0.717, 1.165) is 0 Å². The molecule has 0 spiro atoms. The summed E-state index contributed by atoms with van der Waals surface area (Å²) in [4.78, 5) is 11.6. The fourth-order valence-corrected chi connectivity index (χ4v) is 1.20. The molecule has 0 aliphatic rings. The van der Waals surface area contributed by atoms with Gasteiger partial charge in [0, 0.05) is 6.08 Å². The third-order valence-electron chi connectivity index (χ3n) is 1.92. The van der Waals surface area contributed by atoms with Crippen molar-refractivity contribution >= 4 is 5.78 Å². The third-order valence-corrected chi connectivity index (χ3v) is 1.92. The molecule has 0 saturated carbocycles. The molecule has 0 unspecified atom stereocenters. The number of ketones is 1. The van der Waals surface area contributed by atoms with Crippen LogP contribution in [-0.2, 0) is 4.74 Å². The van der Waals surface area contributed by atoms with Crippen LogP contribution in [-0.4, -0.2) is 19.5 Å². The Morgan fingerprint density at radius 2 is 2.25 bits per heavy atom. The van der Waals surface area contributed by atoms with Gasteiger partial charge in [-0.2, -0.15) is 0 Å². The van der Waals surface area contributed by atoms with E-state index in [1.54, 1.807) is 6.92 Å². The first-order chi connectivity index (χ1) is 7.70. The number of allylic oxidation sites excluding steroid dienone is 1. The van der Waals surface area contributed by atoms with Gasteiger partial charge in [-0.3, -0.25) is 4.79 Å². The molecule has 0 radical (unpaired) electrons. The predicted molar refractivity (Wildman–Crippen MR) is 58.0 cm³/mol. The van der Waals surface area contributed by atoms with E-state index in [0.29, 0.717) is 6.61 Å². The first-order valence-corrected chi connectivity index (χ1v) is 4.85. The summed E-state index contributed by atoms with van der Waals surface area (Å²) in [6.45, 7) is 2.25. The zero-order chi connectivity index (χ0) is 12.0. The number of ether oxygens (including phenoxy) is 2. The molecule has 1 rings (SSSR count). The summed E-state index contributed by atoms with van der Waals surface area (Å²) in [7, 11) is 1.39. The van der Waals surface area contributed by atoms with Crippen molar-refractivity contribution in [1.82, 2.24) is 0 Å². The lowest BCUT2D eigenvalue weighted by Gasteiger charge is -2.05. The molecule has 1 aromatic carbocycles. The van der Waals surface area contributed by atoms with E-state index < -0.39 is 11.6 Å². The van der Waals surface area contributed by atoms with Gasteiger partial charge in [0.2, 0.25) is 0 Å². The Hall–Kier alpha value is -1.84. The monoisotopic (exact) mass is 224 g/mol. The SMILES string of the molecule is CCO/C=C/C(=O)c1c(F)cccc1OC.